The first-order valence-corrected chi connectivity index (χ1v) is 8.85. The average Bonchev–Trinajstić information content (AvgIpc) is 3.43. The molecule has 4 saturated heterocycles. The van der Waals surface area contributed by atoms with E-state index in [4.69, 9.17) is 0 Å². The minimum Gasteiger partial charge on any atom is -0.311 e. The quantitative estimate of drug-likeness (QED) is 0.593. The fourth-order valence-corrected chi connectivity index (χ4v) is 5.48. The van der Waals surface area contributed by atoms with Crippen LogP contribution in [0.15, 0.2) is 53.0 Å². The fraction of sp³-hybridized carbons (Fsp3) is 0.263. The standard InChI is InChI=1S/C19H13BrN2O2/c1-10-3-2-4-12(9-10)15-19-17(24)21-14(11-5-7-13(20)8-6-11)18(19,21)16(23)22(15)19/h2-9,14-15H,1H3. The van der Waals surface area contributed by atoms with Gasteiger partial charge in [-0.05, 0) is 30.2 Å². The van der Waals surface area contributed by atoms with E-state index in [1.807, 2.05) is 49.4 Å². The van der Waals surface area contributed by atoms with E-state index in [0.29, 0.717) is 0 Å². The number of amides is 2. The van der Waals surface area contributed by atoms with E-state index in [0.717, 1.165) is 21.2 Å². The molecule has 118 valence electrons. The molecule has 0 bridgehead atoms. The third-order valence-corrected chi connectivity index (χ3v) is 6.68. The molecule has 4 aliphatic heterocycles. The summed E-state index contributed by atoms with van der Waals surface area (Å²) in [7, 11) is 0. The highest BCUT2D eigenvalue weighted by Crippen LogP contribution is 2.88. The predicted molar refractivity (Wildman–Crippen MR) is 90.0 cm³/mol. The van der Waals surface area contributed by atoms with E-state index in [-0.39, 0.29) is 23.9 Å². The first-order chi connectivity index (χ1) is 11.6. The molecule has 24 heavy (non-hydrogen) atoms. The lowest BCUT2D eigenvalue weighted by Gasteiger charge is -2.42. The number of rotatable bonds is 2. The molecule has 4 unspecified atom stereocenters. The summed E-state index contributed by atoms with van der Waals surface area (Å²) in [4.78, 5) is 29.2. The van der Waals surface area contributed by atoms with Crippen LogP contribution in [0.3, 0.4) is 0 Å². The maximum atomic E-state index is 12.8. The maximum absolute atomic E-state index is 12.8. The number of carbonyl (C=O) groups is 2. The van der Waals surface area contributed by atoms with Crippen LogP contribution in [0.5, 0.6) is 0 Å². The summed E-state index contributed by atoms with van der Waals surface area (Å²) in [6, 6.07) is 15.9. The van der Waals surface area contributed by atoms with Gasteiger partial charge < -0.3 is 9.80 Å². The van der Waals surface area contributed by atoms with Crippen molar-refractivity contribution in [3.63, 3.8) is 0 Å². The minimum absolute atomic E-state index is 0.0749. The smallest absolute Gasteiger partial charge is 0.255 e. The third kappa shape index (κ3) is 1.03. The molecule has 4 atom stereocenters. The van der Waals surface area contributed by atoms with Gasteiger partial charge in [-0.15, -0.1) is 0 Å². The second-order valence-corrected chi connectivity index (χ2v) is 8.07. The molecule has 4 aliphatic rings. The van der Waals surface area contributed by atoms with E-state index in [1.54, 1.807) is 9.80 Å². The van der Waals surface area contributed by atoms with Gasteiger partial charge in [0.1, 0.15) is 0 Å². The highest BCUT2D eigenvalue weighted by molar-refractivity contribution is 9.10. The van der Waals surface area contributed by atoms with E-state index < -0.39 is 11.1 Å². The van der Waals surface area contributed by atoms with Gasteiger partial charge in [-0.3, -0.25) is 9.59 Å². The van der Waals surface area contributed by atoms with Crippen LogP contribution in [0, 0.1) is 6.92 Å². The van der Waals surface area contributed by atoms with Crippen LogP contribution in [0.2, 0.25) is 0 Å². The van der Waals surface area contributed by atoms with Gasteiger partial charge in [0.15, 0.2) is 11.1 Å². The molecule has 4 heterocycles. The summed E-state index contributed by atoms with van der Waals surface area (Å²) < 4.78 is 0.999. The zero-order chi connectivity index (χ0) is 16.4. The molecule has 2 amide bonds. The SMILES string of the molecule is Cc1cccc(C2N3C(=O)C45C(c6ccc(Br)cc6)N4C(=O)C235)c1. The number of benzene rings is 2. The number of piperazine rings is 1. The number of carbonyl (C=O) groups excluding carboxylic acids is 2. The van der Waals surface area contributed by atoms with Crippen molar-refractivity contribution in [3.8, 4) is 0 Å². The largest absolute Gasteiger partial charge is 0.311 e. The van der Waals surface area contributed by atoms with Crippen molar-refractivity contribution >= 4 is 27.7 Å². The van der Waals surface area contributed by atoms with Crippen LogP contribution in [0.1, 0.15) is 28.8 Å². The summed E-state index contributed by atoms with van der Waals surface area (Å²) in [6.07, 6.45) is 0. The van der Waals surface area contributed by atoms with Crippen LogP contribution in [0.4, 0.5) is 0 Å². The lowest BCUT2D eigenvalue weighted by atomic mass is 9.73. The number of hydrogen-bond donors (Lipinski definition) is 0. The zero-order valence-corrected chi connectivity index (χ0v) is 14.4. The Kier molecular flexibility index (Phi) is 1.97. The van der Waals surface area contributed by atoms with Gasteiger partial charge in [0, 0.05) is 4.47 Å². The van der Waals surface area contributed by atoms with Crippen LogP contribution < -0.4 is 0 Å². The Labute approximate surface area is 147 Å². The van der Waals surface area contributed by atoms with Crippen LogP contribution >= 0.6 is 15.9 Å². The second-order valence-electron chi connectivity index (χ2n) is 7.15. The summed E-state index contributed by atoms with van der Waals surface area (Å²) in [5.74, 6) is 0.225. The molecular weight excluding hydrogens is 368 g/mol. The topological polar surface area (TPSA) is 40.2 Å². The van der Waals surface area contributed by atoms with Crippen molar-refractivity contribution in [2.24, 2.45) is 0 Å². The number of aryl methyl sites for hydroxylation is 1. The second kappa shape index (κ2) is 3.59. The summed E-state index contributed by atoms with van der Waals surface area (Å²) >= 11 is 3.43. The number of hydrogen-bond acceptors (Lipinski definition) is 2. The number of halogens is 1. The van der Waals surface area contributed by atoms with Crippen LogP contribution in [-0.4, -0.2) is 32.7 Å². The predicted octanol–water partition coefficient (Wildman–Crippen LogP) is 2.73. The molecule has 5 heteroatoms. The molecule has 4 fully saturated rings. The van der Waals surface area contributed by atoms with Gasteiger partial charge in [-0.25, -0.2) is 0 Å². The number of nitrogens with zero attached hydrogens (tertiary/aromatic N) is 2. The molecule has 0 N–H and O–H groups in total. The van der Waals surface area contributed by atoms with Gasteiger partial charge >= 0.3 is 0 Å². The Bertz CT molecular complexity index is 970. The Morgan fingerprint density at radius 2 is 1.46 bits per heavy atom. The fourth-order valence-electron chi connectivity index (χ4n) is 5.22. The molecule has 2 aromatic carbocycles. The van der Waals surface area contributed by atoms with Gasteiger partial charge in [0.2, 0.25) is 0 Å². The molecule has 0 saturated carbocycles. The molecule has 0 radical (unpaired) electrons. The van der Waals surface area contributed by atoms with Gasteiger partial charge in [0.05, 0.1) is 12.1 Å². The van der Waals surface area contributed by atoms with Gasteiger partial charge in [-0.1, -0.05) is 57.9 Å². The normalized spacial score (nSPS) is 37.1. The third-order valence-electron chi connectivity index (χ3n) is 6.15. The van der Waals surface area contributed by atoms with E-state index in [1.165, 1.54) is 0 Å². The minimum atomic E-state index is -0.591. The van der Waals surface area contributed by atoms with Crippen LogP contribution in [-0.2, 0) is 9.59 Å². The first kappa shape index (κ1) is 13.2. The van der Waals surface area contributed by atoms with Crippen molar-refractivity contribution < 1.29 is 9.59 Å². The Morgan fingerprint density at radius 3 is 2.04 bits per heavy atom. The molecule has 0 aliphatic carbocycles. The van der Waals surface area contributed by atoms with Crippen molar-refractivity contribution in [1.29, 1.82) is 0 Å². The van der Waals surface area contributed by atoms with E-state index >= 15 is 0 Å². The van der Waals surface area contributed by atoms with Crippen molar-refractivity contribution in [3.05, 3.63) is 69.7 Å². The Morgan fingerprint density at radius 1 is 0.875 bits per heavy atom. The Balaban J connectivity index is 1.43. The van der Waals surface area contributed by atoms with E-state index in [9.17, 15) is 9.59 Å². The molecule has 4 nitrogen and oxygen atoms in total. The molecular formula is C19H13BrN2O2. The first-order valence-electron chi connectivity index (χ1n) is 8.06. The molecule has 2 spiro atoms. The Hall–Kier alpha value is -2.14. The maximum Gasteiger partial charge on any atom is 0.255 e. The lowest BCUT2D eigenvalue weighted by molar-refractivity contribution is -0.164. The van der Waals surface area contributed by atoms with Crippen LogP contribution in [0.25, 0.3) is 0 Å². The molecule has 0 aromatic heterocycles. The monoisotopic (exact) mass is 380 g/mol. The molecule has 6 rings (SSSR count). The van der Waals surface area contributed by atoms with Crippen molar-refractivity contribution in [2.45, 2.75) is 30.1 Å². The molecule has 2 aromatic rings. The summed E-state index contributed by atoms with van der Waals surface area (Å²) in [5, 5.41) is 0. The average molecular weight is 381 g/mol. The summed E-state index contributed by atoms with van der Waals surface area (Å²) in [5.41, 5.74) is 2.10. The summed E-state index contributed by atoms with van der Waals surface area (Å²) in [6.45, 7) is 2.04. The highest BCUT2D eigenvalue weighted by Gasteiger charge is 3.10. The zero-order valence-electron chi connectivity index (χ0n) is 12.9. The van der Waals surface area contributed by atoms with Crippen molar-refractivity contribution in [2.75, 3.05) is 0 Å². The van der Waals surface area contributed by atoms with Gasteiger partial charge in [0.25, 0.3) is 11.8 Å². The number of β-lactam (4-membered cyclic amide) rings is 2. The van der Waals surface area contributed by atoms with Crippen molar-refractivity contribution in [1.82, 2.24) is 9.80 Å². The van der Waals surface area contributed by atoms with E-state index in [2.05, 4.69) is 22.0 Å². The van der Waals surface area contributed by atoms with Gasteiger partial charge in [-0.2, -0.15) is 0 Å². The highest BCUT2D eigenvalue weighted by atomic mass is 79.9. The lowest BCUT2D eigenvalue weighted by Crippen LogP contribution is -2.73.